The van der Waals surface area contributed by atoms with Crippen LogP contribution in [0.2, 0.25) is 0 Å². The molecule has 1 aromatic carbocycles. The van der Waals surface area contributed by atoms with Gasteiger partial charge in [0.15, 0.2) is 11.5 Å². The molecular formula is C18H21NO6S2. The first-order valence-electron chi connectivity index (χ1n) is 8.60. The van der Waals surface area contributed by atoms with Crippen molar-refractivity contribution >= 4 is 27.3 Å². The lowest BCUT2D eigenvalue weighted by Gasteiger charge is -2.29. The molecule has 1 aliphatic heterocycles. The Morgan fingerprint density at radius 3 is 2.41 bits per heavy atom. The second-order valence-corrected chi connectivity index (χ2v) is 8.76. The molecule has 27 heavy (non-hydrogen) atoms. The molecule has 0 spiro atoms. The Morgan fingerprint density at radius 1 is 1.19 bits per heavy atom. The second-order valence-electron chi connectivity index (χ2n) is 5.94. The van der Waals surface area contributed by atoms with E-state index in [0.29, 0.717) is 31.1 Å². The lowest BCUT2D eigenvalue weighted by molar-refractivity contribution is 0.0698. The number of carboxylic acid groups (broad SMARTS) is 1. The van der Waals surface area contributed by atoms with Crippen molar-refractivity contribution < 1.29 is 27.8 Å². The van der Waals surface area contributed by atoms with Crippen LogP contribution in [0, 0.1) is 0 Å². The van der Waals surface area contributed by atoms with Gasteiger partial charge in [0.25, 0.3) is 0 Å². The van der Waals surface area contributed by atoms with E-state index in [4.69, 9.17) is 9.47 Å². The van der Waals surface area contributed by atoms with Gasteiger partial charge in [0.1, 0.15) is 9.77 Å². The smallest absolute Gasteiger partial charge is 0.347 e. The predicted octanol–water partition coefficient (Wildman–Crippen LogP) is 2.99. The van der Waals surface area contributed by atoms with Crippen molar-refractivity contribution in [2.24, 2.45) is 0 Å². The molecule has 0 amide bonds. The molecule has 0 aliphatic carbocycles. The molecule has 7 nitrogen and oxygen atoms in total. The van der Waals surface area contributed by atoms with Gasteiger partial charge >= 0.3 is 5.97 Å². The zero-order chi connectivity index (χ0) is 19.6. The first kappa shape index (κ1) is 19.7. The van der Waals surface area contributed by atoms with E-state index in [1.165, 1.54) is 15.8 Å². The monoisotopic (exact) mass is 411 g/mol. The third-order valence-electron chi connectivity index (χ3n) is 4.28. The van der Waals surface area contributed by atoms with E-state index in [1.54, 1.807) is 0 Å². The number of ether oxygens (including phenoxy) is 2. The molecule has 0 unspecified atom stereocenters. The number of carboxylic acids is 1. The number of aromatic carboxylic acids is 1. The van der Waals surface area contributed by atoms with Gasteiger partial charge in [-0.15, -0.1) is 11.3 Å². The molecule has 0 fully saturated rings. The van der Waals surface area contributed by atoms with Gasteiger partial charge in [-0.1, -0.05) is 0 Å². The van der Waals surface area contributed by atoms with Crippen molar-refractivity contribution in [2.75, 3.05) is 19.8 Å². The topological polar surface area (TPSA) is 93.1 Å². The summed E-state index contributed by atoms with van der Waals surface area (Å²) in [6.45, 7) is 5.19. The summed E-state index contributed by atoms with van der Waals surface area (Å²) in [5, 5.41) is 10.7. The second kappa shape index (κ2) is 7.87. The summed E-state index contributed by atoms with van der Waals surface area (Å²) in [7, 11) is -3.89. The maximum atomic E-state index is 13.0. The van der Waals surface area contributed by atoms with E-state index in [9.17, 15) is 18.3 Å². The van der Waals surface area contributed by atoms with Gasteiger partial charge in [0.05, 0.1) is 13.2 Å². The first-order valence-corrected chi connectivity index (χ1v) is 10.9. The number of nitrogens with zero attached hydrogens (tertiary/aromatic N) is 1. The minimum Gasteiger partial charge on any atom is -0.490 e. The highest BCUT2D eigenvalue weighted by atomic mass is 32.2. The van der Waals surface area contributed by atoms with Crippen LogP contribution in [0.5, 0.6) is 11.5 Å². The standard InChI is InChI=1S/C18H21NO6S2/c1-3-24-14-9-12-5-7-19(11-13(12)10-15(14)25-4-2)27(22,23)16-6-8-26-17(16)18(20)21/h6,8-10H,3-5,7,11H2,1-2H3,(H,20,21). The summed E-state index contributed by atoms with van der Waals surface area (Å²) < 4.78 is 38.5. The number of hydrogen-bond donors (Lipinski definition) is 1. The van der Waals surface area contributed by atoms with Crippen molar-refractivity contribution in [1.82, 2.24) is 4.31 Å². The van der Waals surface area contributed by atoms with E-state index in [-0.39, 0.29) is 22.9 Å². The average Bonchev–Trinajstić information content (AvgIpc) is 3.13. The Morgan fingerprint density at radius 2 is 1.81 bits per heavy atom. The molecule has 1 aromatic heterocycles. The molecule has 1 aliphatic rings. The molecule has 2 aromatic rings. The Balaban J connectivity index is 1.94. The van der Waals surface area contributed by atoms with Gasteiger partial charge in [-0.25, -0.2) is 13.2 Å². The van der Waals surface area contributed by atoms with Crippen LogP contribution in [0.15, 0.2) is 28.5 Å². The van der Waals surface area contributed by atoms with Gasteiger partial charge in [-0.05, 0) is 55.0 Å². The summed E-state index contributed by atoms with van der Waals surface area (Å²) in [6, 6.07) is 5.07. The Labute approximate surface area is 162 Å². The maximum absolute atomic E-state index is 13.0. The average molecular weight is 412 g/mol. The summed E-state index contributed by atoms with van der Waals surface area (Å²) in [6.07, 6.45) is 0.521. The molecule has 0 radical (unpaired) electrons. The van der Waals surface area contributed by atoms with Crippen LogP contribution < -0.4 is 9.47 Å². The number of fused-ring (bicyclic) bond motifs is 1. The molecule has 2 heterocycles. The Hall–Kier alpha value is -2.10. The lowest BCUT2D eigenvalue weighted by atomic mass is 10.0. The van der Waals surface area contributed by atoms with Crippen LogP contribution in [0.1, 0.15) is 34.6 Å². The molecule has 0 atom stereocenters. The SMILES string of the molecule is CCOc1cc2c(cc1OCC)CN(S(=O)(=O)c1ccsc1C(=O)O)CC2. The quantitative estimate of drug-likeness (QED) is 0.753. The molecular weight excluding hydrogens is 390 g/mol. The summed E-state index contributed by atoms with van der Waals surface area (Å²) in [5.74, 6) is 0.000448. The normalized spacial score (nSPS) is 14.6. The van der Waals surface area contributed by atoms with E-state index < -0.39 is 16.0 Å². The predicted molar refractivity (Wildman–Crippen MR) is 101 cm³/mol. The van der Waals surface area contributed by atoms with Gasteiger partial charge in [0, 0.05) is 13.1 Å². The minimum absolute atomic E-state index is 0.153. The molecule has 0 bridgehead atoms. The van der Waals surface area contributed by atoms with Gasteiger partial charge in [-0.2, -0.15) is 4.31 Å². The molecule has 0 saturated heterocycles. The molecule has 3 rings (SSSR count). The number of benzene rings is 1. The number of thiophene rings is 1. The van der Waals surface area contributed by atoms with Crippen molar-refractivity contribution in [2.45, 2.75) is 31.7 Å². The van der Waals surface area contributed by atoms with Gasteiger partial charge in [0.2, 0.25) is 10.0 Å². The Bertz CT molecular complexity index is 951. The van der Waals surface area contributed by atoms with Crippen molar-refractivity contribution in [1.29, 1.82) is 0 Å². The highest BCUT2D eigenvalue weighted by Gasteiger charge is 2.33. The largest absolute Gasteiger partial charge is 0.490 e. The zero-order valence-corrected chi connectivity index (χ0v) is 16.7. The van der Waals surface area contributed by atoms with E-state index >= 15 is 0 Å². The van der Waals surface area contributed by atoms with Crippen LogP contribution in [-0.4, -0.2) is 43.6 Å². The van der Waals surface area contributed by atoms with Crippen LogP contribution in [-0.2, 0) is 23.0 Å². The van der Waals surface area contributed by atoms with Gasteiger partial charge < -0.3 is 14.6 Å². The third kappa shape index (κ3) is 3.80. The number of carbonyl (C=O) groups is 1. The van der Waals surface area contributed by atoms with Crippen molar-refractivity contribution in [3.05, 3.63) is 39.6 Å². The summed E-state index contributed by atoms with van der Waals surface area (Å²) in [4.78, 5) is 11.0. The lowest BCUT2D eigenvalue weighted by Crippen LogP contribution is -2.36. The fraction of sp³-hybridized carbons (Fsp3) is 0.389. The Kier molecular flexibility index (Phi) is 5.73. The summed E-state index contributed by atoms with van der Waals surface area (Å²) >= 11 is 0.909. The van der Waals surface area contributed by atoms with Crippen LogP contribution in [0.25, 0.3) is 0 Å². The van der Waals surface area contributed by atoms with E-state index in [2.05, 4.69) is 0 Å². The molecule has 9 heteroatoms. The van der Waals surface area contributed by atoms with Gasteiger partial charge in [-0.3, -0.25) is 0 Å². The van der Waals surface area contributed by atoms with E-state index in [0.717, 1.165) is 22.5 Å². The highest BCUT2D eigenvalue weighted by Crippen LogP contribution is 2.36. The highest BCUT2D eigenvalue weighted by molar-refractivity contribution is 7.89. The number of rotatable bonds is 7. The van der Waals surface area contributed by atoms with Crippen LogP contribution in [0.4, 0.5) is 0 Å². The minimum atomic E-state index is -3.89. The van der Waals surface area contributed by atoms with E-state index in [1.807, 2.05) is 26.0 Å². The maximum Gasteiger partial charge on any atom is 0.347 e. The van der Waals surface area contributed by atoms with Crippen LogP contribution in [0.3, 0.4) is 0 Å². The fourth-order valence-corrected chi connectivity index (χ4v) is 5.73. The molecule has 146 valence electrons. The third-order valence-corrected chi connectivity index (χ3v) is 7.20. The van der Waals surface area contributed by atoms with Crippen molar-refractivity contribution in [3.63, 3.8) is 0 Å². The molecule has 0 saturated carbocycles. The first-order chi connectivity index (χ1) is 12.9. The number of hydrogen-bond acceptors (Lipinski definition) is 6. The van der Waals surface area contributed by atoms with Crippen LogP contribution >= 0.6 is 11.3 Å². The zero-order valence-electron chi connectivity index (χ0n) is 15.1. The number of sulfonamides is 1. The summed E-state index contributed by atoms with van der Waals surface area (Å²) in [5.41, 5.74) is 1.85. The molecule has 1 N–H and O–H groups in total. The fourth-order valence-electron chi connectivity index (χ4n) is 3.08. The van der Waals surface area contributed by atoms with Crippen molar-refractivity contribution in [3.8, 4) is 11.5 Å².